The lowest BCUT2D eigenvalue weighted by molar-refractivity contribution is 0.107. The Hall–Kier alpha value is -0.790. The summed E-state index contributed by atoms with van der Waals surface area (Å²) in [6.07, 6.45) is -3.01. The first kappa shape index (κ1) is 16.3. The molecule has 1 unspecified atom stereocenters. The van der Waals surface area contributed by atoms with Crippen molar-refractivity contribution in [2.75, 3.05) is 0 Å². The van der Waals surface area contributed by atoms with Gasteiger partial charge in [-0.15, -0.1) is 4.72 Å². The average molecular weight is 297 g/mol. The van der Waals surface area contributed by atoms with Crippen LogP contribution in [0.3, 0.4) is 0 Å². The lowest BCUT2D eigenvalue weighted by Gasteiger charge is -2.27. The molecule has 1 aromatic carbocycles. The van der Waals surface area contributed by atoms with Gasteiger partial charge < -0.3 is 4.55 Å². The van der Waals surface area contributed by atoms with Gasteiger partial charge in [-0.2, -0.15) is 0 Å². The summed E-state index contributed by atoms with van der Waals surface area (Å²) in [5, 5.41) is 0. The number of hydrogen-bond donors (Lipinski definition) is 1. The molecule has 2 nitrogen and oxygen atoms in total. The van der Waals surface area contributed by atoms with Crippen molar-refractivity contribution in [3.05, 3.63) is 35.4 Å². The quantitative estimate of drug-likeness (QED) is 0.683. The zero-order valence-electron chi connectivity index (χ0n) is 10.7. The molecule has 0 radical (unpaired) electrons. The van der Waals surface area contributed by atoms with Crippen LogP contribution in [0.5, 0.6) is 0 Å². The second kappa shape index (κ2) is 6.11. The lowest BCUT2D eigenvalue weighted by Crippen LogP contribution is -2.43. The topological polar surface area (TPSA) is 35.1 Å². The molecule has 0 amide bonds. The number of hydrogen-bond acceptors (Lipinski definition) is 2. The number of benzene rings is 1. The van der Waals surface area contributed by atoms with Gasteiger partial charge in [0.15, 0.2) is 0 Å². The van der Waals surface area contributed by atoms with Crippen LogP contribution in [0, 0.1) is 11.6 Å². The molecule has 0 saturated carbocycles. The van der Waals surface area contributed by atoms with Crippen LogP contribution in [-0.2, 0) is 11.4 Å². The molecule has 2 atom stereocenters. The van der Waals surface area contributed by atoms with Crippen LogP contribution in [-0.4, -0.2) is 15.7 Å². The third kappa shape index (κ3) is 4.36. The van der Waals surface area contributed by atoms with Crippen LogP contribution in [0.25, 0.3) is 0 Å². The standard InChI is InChI=1S/C12H15F4NOS/c1-12(2,3)19(18)17-10(11(15)16)8-6-7(13)4-5-9(8)14/h4-6,10-11,17H,1-3H3/t10-,19?/m1/s1. The maximum Gasteiger partial charge on any atom is 0.262 e. The van der Waals surface area contributed by atoms with Crippen molar-refractivity contribution in [3.8, 4) is 0 Å². The number of halogens is 4. The SMILES string of the molecule is CC(C)(C)[S+]([O-])N[C@H](c1cc(F)ccc1F)C(F)F. The molecule has 0 aliphatic carbocycles. The molecule has 0 aliphatic heterocycles. The van der Waals surface area contributed by atoms with E-state index in [9.17, 15) is 22.1 Å². The monoisotopic (exact) mass is 297 g/mol. The molecule has 0 fully saturated rings. The molecule has 0 heterocycles. The fourth-order valence-corrected chi connectivity index (χ4v) is 2.11. The fourth-order valence-electron chi connectivity index (χ4n) is 1.30. The molecule has 7 heteroatoms. The molecule has 0 bridgehead atoms. The van der Waals surface area contributed by atoms with Gasteiger partial charge in [0.2, 0.25) is 0 Å². The largest absolute Gasteiger partial charge is 0.598 e. The van der Waals surface area contributed by atoms with E-state index in [0.717, 1.165) is 12.1 Å². The average Bonchev–Trinajstić information content (AvgIpc) is 2.27. The molecular weight excluding hydrogens is 282 g/mol. The Balaban J connectivity index is 3.05. The van der Waals surface area contributed by atoms with Crippen LogP contribution in [0.2, 0.25) is 0 Å². The van der Waals surface area contributed by atoms with Gasteiger partial charge in [0.25, 0.3) is 6.43 Å². The Morgan fingerprint density at radius 1 is 1.21 bits per heavy atom. The van der Waals surface area contributed by atoms with Crippen molar-refractivity contribution in [2.24, 2.45) is 0 Å². The van der Waals surface area contributed by atoms with E-state index in [0.29, 0.717) is 6.07 Å². The Kier molecular flexibility index (Phi) is 5.23. The normalized spacial score (nSPS) is 15.6. The highest BCUT2D eigenvalue weighted by atomic mass is 32.2. The van der Waals surface area contributed by atoms with Crippen LogP contribution in [0.1, 0.15) is 32.4 Å². The molecule has 1 aromatic rings. The summed E-state index contributed by atoms with van der Waals surface area (Å²) < 4.78 is 65.6. The maximum atomic E-state index is 13.5. The Morgan fingerprint density at radius 3 is 2.26 bits per heavy atom. The van der Waals surface area contributed by atoms with Crippen LogP contribution in [0.15, 0.2) is 18.2 Å². The van der Waals surface area contributed by atoms with E-state index in [2.05, 4.69) is 4.72 Å². The van der Waals surface area contributed by atoms with E-state index in [1.807, 2.05) is 0 Å². The lowest BCUT2D eigenvalue weighted by atomic mass is 10.1. The highest BCUT2D eigenvalue weighted by Gasteiger charge is 2.35. The minimum absolute atomic E-state index is 0.535. The summed E-state index contributed by atoms with van der Waals surface area (Å²) in [4.78, 5) is 0. The zero-order chi connectivity index (χ0) is 14.8. The number of nitrogens with one attached hydrogen (secondary N) is 1. The Morgan fingerprint density at radius 2 is 1.79 bits per heavy atom. The van der Waals surface area contributed by atoms with E-state index >= 15 is 0 Å². The minimum Gasteiger partial charge on any atom is -0.598 e. The van der Waals surface area contributed by atoms with Gasteiger partial charge in [-0.05, 0) is 39.0 Å². The van der Waals surface area contributed by atoms with Crippen molar-refractivity contribution < 1.29 is 22.1 Å². The number of rotatable bonds is 4. The van der Waals surface area contributed by atoms with E-state index in [1.54, 1.807) is 20.8 Å². The third-order valence-electron chi connectivity index (χ3n) is 2.34. The maximum absolute atomic E-state index is 13.5. The summed E-state index contributed by atoms with van der Waals surface area (Å²) in [6, 6.07) is 0.457. The van der Waals surface area contributed by atoms with Crippen molar-refractivity contribution in [1.29, 1.82) is 0 Å². The third-order valence-corrected chi connectivity index (χ3v) is 3.92. The van der Waals surface area contributed by atoms with Crippen molar-refractivity contribution in [2.45, 2.75) is 38.0 Å². The summed E-state index contributed by atoms with van der Waals surface area (Å²) in [5.74, 6) is -1.80. The number of alkyl halides is 2. The van der Waals surface area contributed by atoms with Gasteiger partial charge in [-0.25, -0.2) is 17.6 Å². The van der Waals surface area contributed by atoms with Crippen molar-refractivity contribution in [3.63, 3.8) is 0 Å². The summed E-state index contributed by atoms with van der Waals surface area (Å²) in [6.45, 7) is 4.75. The first-order chi connectivity index (χ1) is 8.62. The zero-order valence-corrected chi connectivity index (χ0v) is 11.5. The van der Waals surface area contributed by atoms with Crippen molar-refractivity contribution >= 4 is 11.4 Å². The molecule has 0 aliphatic rings. The second-order valence-corrected chi connectivity index (χ2v) is 6.97. The first-order valence-corrected chi connectivity index (χ1v) is 6.69. The second-order valence-electron chi connectivity index (χ2n) is 4.98. The predicted molar refractivity (Wildman–Crippen MR) is 66.1 cm³/mol. The smallest absolute Gasteiger partial charge is 0.262 e. The van der Waals surface area contributed by atoms with E-state index in [1.165, 1.54) is 0 Å². The molecule has 1 N–H and O–H groups in total. The first-order valence-electron chi connectivity index (χ1n) is 5.54. The molecule has 0 saturated heterocycles. The van der Waals surface area contributed by atoms with Crippen LogP contribution in [0.4, 0.5) is 17.6 Å². The van der Waals surface area contributed by atoms with E-state index in [-0.39, 0.29) is 0 Å². The van der Waals surface area contributed by atoms with Crippen molar-refractivity contribution in [1.82, 2.24) is 4.72 Å². The molecule has 19 heavy (non-hydrogen) atoms. The predicted octanol–water partition coefficient (Wildman–Crippen LogP) is 3.32. The molecule has 1 rings (SSSR count). The van der Waals surface area contributed by atoms with Gasteiger partial charge in [-0.1, -0.05) is 0 Å². The van der Waals surface area contributed by atoms with Gasteiger partial charge in [0.1, 0.15) is 22.4 Å². The highest BCUT2D eigenvalue weighted by molar-refractivity contribution is 7.90. The fraction of sp³-hybridized carbons (Fsp3) is 0.500. The minimum atomic E-state index is -3.01. The van der Waals surface area contributed by atoms with Gasteiger partial charge in [0.05, 0.1) is 0 Å². The highest BCUT2D eigenvalue weighted by Crippen LogP contribution is 2.27. The van der Waals surface area contributed by atoms with Gasteiger partial charge >= 0.3 is 0 Å². The molecular formula is C12H15F4NOS. The Labute approximate surface area is 112 Å². The van der Waals surface area contributed by atoms with Gasteiger partial charge in [-0.3, -0.25) is 0 Å². The summed E-state index contributed by atoms with van der Waals surface area (Å²) in [5.41, 5.74) is -0.535. The summed E-state index contributed by atoms with van der Waals surface area (Å²) >= 11 is -1.82. The molecule has 0 spiro atoms. The van der Waals surface area contributed by atoms with Gasteiger partial charge in [0, 0.05) is 16.9 Å². The molecule has 108 valence electrons. The molecule has 0 aromatic heterocycles. The van der Waals surface area contributed by atoms with Crippen LogP contribution >= 0.6 is 0 Å². The Bertz CT molecular complexity index is 436. The van der Waals surface area contributed by atoms with E-state index in [4.69, 9.17) is 0 Å². The van der Waals surface area contributed by atoms with E-state index < -0.39 is 45.8 Å². The van der Waals surface area contributed by atoms with Crippen LogP contribution < -0.4 is 4.72 Å². The summed E-state index contributed by atoms with van der Waals surface area (Å²) in [7, 11) is 0.